The number of rotatable bonds is 7. The van der Waals surface area contributed by atoms with Crippen molar-refractivity contribution in [1.29, 1.82) is 0 Å². The van der Waals surface area contributed by atoms with E-state index in [1.807, 2.05) is 0 Å². The first-order valence-electron chi connectivity index (χ1n) is 6.50. The Morgan fingerprint density at radius 1 is 1.35 bits per heavy atom. The summed E-state index contributed by atoms with van der Waals surface area (Å²) in [5, 5.41) is 3.54. The molecule has 0 aromatic carbocycles. The number of carbonyl (C=O) groups excluding carboxylic acids is 1. The molecule has 0 atom stereocenters. The molecular formula is C12H25N3O2. The molecule has 1 saturated heterocycles. The minimum Gasteiger partial charge on any atom is -0.385 e. The number of likely N-dealkylation sites (tertiary alicyclic amines) is 1. The van der Waals surface area contributed by atoms with Crippen LogP contribution in [-0.2, 0) is 4.74 Å². The average molecular weight is 243 g/mol. The summed E-state index contributed by atoms with van der Waals surface area (Å²) in [6.07, 6.45) is 5.57. The van der Waals surface area contributed by atoms with Crippen molar-refractivity contribution in [2.75, 3.05) is 33.4 Å². The Labute approximate surface area is 104 Å². The number of amides is 2. The van der Waals surface area contributed by atoms with Crippen molar-refractivity contribution in [3.05, 3.63) is 0 Å². The van der Waals surface area contributed by atoms with Gasteiger partial charge in [-0.1, -0.05) is 0 Å². The lowest BCUT2D eigenvalue weighted by Crippen LogP contribution is -2.46. The Bertz CT molecular complexity index is 216. The molecule has 0 aromatic rings. The van der Waals surface area contributed by atoms with Gasteiger partial charge in [0.1, 0.15) is 0 Å². The number of nitrogens with one attached hydrogen (secondary N) is 1. The van der Waals surface area contributed by atoms with E-state index < -0.39 is 0 Å². The fraction of sp³-hybridized carbons (Fsp3) is 0.917. The Morgan fingerprint density at radius 2 is 2.06 bits per heavy atom. The zero-order valence-electron chi connectivity index (χ0n) is 10.8. The molecule has 0 aromatic heterocycles. The van der Waals surface area contributed by atoms with E-state index in [9.17, 15) is 4.79 Å². The highest BCUT2D eigenvalue weighted by atomic mass is 16.5. The maximum atomic E-state index is 10.9. The predicted octanol–water partition coefficient (Wildman–Crippen LogP) is 0.936. The van der Waals surface area contributed by atoms with Gasteiger partial charge < -0.3 is 20.7 Å². The first kappa shape index (κ1) is 14.3. The number of primary amides is 1. The summed E-state index contributed by atoms with van der Waals surface area (Å²) in [6.45, 7) is 3.50. The lowest BCUT2D eigenvalue weighted by molar-refractivity contribution is 0.184. The Morgan fingerprint density at radius 3 is 2.65 bits per heavy atom. The van der Waals surface area contributed by atoms with Gasteiger partial charge in [0.2, 0.25) is 0 Å². The zero-order valence-corrected chi connectivity index (χ0v) is 10.8. The second-order valence-electron chi connectivity index (χ2n) is 4.61. The van der Waals surface area contributed by atoms with Crippen LogP contribution in [0.3, 0.4) is 0 Å². The number of hydrogen-bond acceptors (Lipinski definition) is 3. The van der Waals surface area contributed by atoms with Crippen LogP contribution in [0.2, 0.25) is 0 Å². The number of piperidine rings is 1. The van der Waals surface area contributed by atoms with Gasteiger partial charge in [0.05, 0.1) is 0 Å². The highest BCUT2D eigenvalue weighted by Gasteiger charge is 2.20. The number of carbonyl (C=O) groups is 1. The maximum Gasteiger partial charge on any atom is 0.314 e. The molecule has 5 nitrogen and oxygen atoms in total. The van der Waals surface area contributed by atoms with Crippen molar-refractivity contribution < 1.29 is 9.53 Å². The van der Waals surface area contributed by atoms with E-state index in [1.165, 1.54) is 12.8 Å². The lowest BCUT2D eigenvalue weighted by Gasteiger charge is -2.31. The molecule has 0 aliphatic carbocycles. The van der Waals surface area contributed by atoms with Crippen LogP contribution >= 0.6 is 0 Å². The van der Waals surface area contributed by atoms with Gasteiger partial charge >= 0.3 is 6.03 Å². The second-order valence-corrected chi connectivity index (χ2v) is 4.61. The number of hydrogen-bond donors (Lipinski definition) is 2. The molecular weight excluding hydrogens is 218 g/mol. The first-order chi connectivity index (χ1) is 8.24. The molecule has 1 aliphatic heterocycles. The Kier molecular flexibility index (Phi) is 6.96. The van der Waals surface area contributed by atoms with Gasteiger partial charge in [-0.25, -0.2) is 4.79 Å². The quantitative estimate of drug-likeness (QED) is 0.654. The Balaban J connectivity index is 1.97. The average Bonchev–Trinajstić information content (AvgIpc) is 2.34. The summed E-state index contributed by atoms with van der Waals surface area (Å²) in [7, 11) is 1.74. The highest BCUT2D eigenvalue weighted by molar-refractivity contribution is 5.72. The van der Waals surface area contributed by atoms with Gasteiger partial charge in [-0.05, 0) is 38.6 Å². The summed E-state index contributed by atoms with van der Waals surface area (Å²) < 4.78 is 5.00. The molecule has 1 aliphatic rings. The van der Waals surface area contributed by atoms with Crippen molar-refractivity contribution >= 4 is 6.03 Å². The Hall–Kier alpha value is -0.810. The van der Waals surface area contributed by atoms with Crippen molar-refractivity contribution in [3.63, 3.8) is 0 Å². The first-order valence-corrected chi connectivity index (χ1v) is 6.50. The van der Waals surface area contributed by atoms with Gasteiger partial charge in [0, 0.05) is 32.8 Å². The number of nitrogens with zero attached hydrogens (tertiary/aromatic N) is 1. The van der Waals surface area contributed by atoms with Crippen LogP contribution in [0.5, 0.6) is 0 Å². The smallest absolute Gasteiger partial charge is 0.314 e. The fourth-order valence-electron chi connectivity index (χ4n) is 2.16. The van der Waals surface area contributed by atoms with E-state index in [4.69, 9.17) is 10.5 Å². The topological polar surface area (TPSA) is 67.6 Å². The molecule has 0 bridgehead atoms. The molecule has 3 N–H and O–H groups in total. The maximum absolute atomic E-state index is 10.9. The van der Waals surface area contributed by atoms with Crippen LogP contribution in [0.15, 0.2) is 0 Å². The normalized spacial score (nSPS) is 17.4. The number of unbranched alkanes of at least 4 members (excludes halogenated alkanes) is 2. The summed E-state index contributed by atoms with van der Waals surface area (Å²) in [5.41, 5.74) is 5.24. The third-order valence-corrected chi connectivity index (χ3v) is 3.26. The summed E-state index contributed by atoms with van der Waals surface area (Å²) >= 11 is 0. The van der Waals surface area contributed by atoms with E-state index in [0.717, 1.165) is 45.5 Å². The molecule has 1 rings (SSSR count). The molecule has 0 radical (unpaired) electrons. The van der Waals surface area contributed by atoms with Crippen LogP contribution in [0.4, 0.5) is 4.79 Å². The minimum atomic E-state index is -0.289. The van der Waals surface area contributed by atoms with Gasteiger partial charge in [-0.3, -0.25) is 0 Å². The third-order valence-electron chi connectivity index (χ3n) is 3.26. The SMILES string of the molecule is COCCCCCNC1CCN(C(N)=O)CC1. The van der Waals surface area contributed by atoms with E-state index in [-0.39, 0.29) is 6.03 Å². The number of ether oxygens (including phenoxy) is 1. The van der Waals surface area contributed by atoms with Crippen molar-refractivity contribution in [3.8, 4) is 0 Å². The molecule has 1 heterocycles. The molecule has 100 valence electrons. The molecule has 5 heteroatoms. The van der Waals surface area contributed by atoms with E-state index in [1.54, 1.807) is 12.0 Å². The molecule has 0 saturated carbocycles. The summed E-state index contributed by atoms with van der Waals surface area (Å²) in [5.74, 6) is 0. The van der Waals surface area contributed by atoms with Crippen LogP contribution in [0, 0.1) is 0 Å². The summed E-state index contributed by atoms with van der Waals surface area (Å²) in [4.78, 5) is 12.7. The van der Waals surface area contributed by atoms with Crippen molar-refractivity contribution in [1.82, 2.24) is 10.2 Å². The highest BCUT2D eigenvalue weighted by Crippen LogP contribution is 2.09. The van der Waals surface area contributed by atoms with Crippen molar-refractivity contribution in [2.45, 2.75) is 38.1 Å². The fourth-order valence-corrected chi connectivity index (χ4v) is 2.16. The van der Waals surface area contributed by atoms with Gasteiger partial charge in [0.25, 0.3) is 0 Å². The minimum absolute atomic E-state index is 0.289. The van der Waals surface area contributed by atoms with Gasteiger partial charge in [-0.2, -0.15) is 0 Å². The third kappa shape index (κ3) is 5.89. The molecule has 0 unspecified atom stereocenters. The van der Waals surface area contributed by atoms with Gasteiger partial charge in [-0.15, -0.1) is 0 Å². The van der Waals surface area contributed by atoms with Crippen LogP contribution in [-0.4, -0.2) is 50.3 Å². The second kappa shape index (κ2) is 8.31. The zero-order chi connectivity index (χ0) is 12.5. The largest absolute Gasteiger partial charge is 0.385 e. The van der Waals surface area contributed by atoms with E-state index in [0.29, 0.717) is 6.04 Å². The predicted molar refractivity (Wildman–Crippen MR) is 67.9 cm³/mol. The van der Waals surface area contributed by atoms with E-state index in [2.05, 4.69) is 5.32 Å². The number of methoxy groups -OCH3 is 1. The summed E-state index contributed by atoms with van der Waals surface area (Å²) in [6, 6.07) is 0.260. The number of urea groups is 1. The molecule has 1 fully saturated rings. The lowest BCUT2D eigenvalue weighted by atomic mass is 10.1. The molecule has 17 heavy (non-hydrogen) atoms. The van der Waals surface area contributed by atoms with Crippen LogP contribution in [0.1, 0.15) is 32.1 Å². The van der Waals surface area contributed by atoms with Gasteiger partial charge in [0.15, 0.2) is 0 Å². The van der Waals surface area contributed by atoms with Crippen molar-refractivity contribution in [2.24, 2.45) is 5.73 Å². The number of nitrogens with two attached hydrogens (primary N) is 1. The van der Waals surface area contributed by atoms with Crippen LogP contribution in [0.25, 0.3) is 0 Å². The standard InChI is InChI=1S/C12H25N3O2/c1-17-10-4-2-3-7-14-11-5-8-15(9-6-11)12(13)16/h11,14H,2-10H2,1H3,(H2,13,16). The van der Waals surface area contributed by atoms with Crippen LogP contribution < -0.4 is 11.1 Å². The molecule has 0 spiro atoms. The monoisotopic (exact) mass is 243 g/mol. The van der Waals surface area contributed by atoms with E-state index >= 15 is 0 Å². The molecule has 2 amide bonds.